The number of rotatable bonds is 5. The van der Waals surface area contributed by atoms with Crippen molar-refractivity contribution >= 4 is 75.5 Å². The van der Waals surface area contributed by atoms with Gasteiger partial charge in [0.2, 0.25) is 11.8 Å². The lowest BCUT2D eigenvalue weighted by molar-refractivity contribution is -0.117. The average Bonchev–Trinajstić information content (AvgIpc) is 3.35. The smallest absolute Gasteiger partial charge is 0.253 e. The number of amides is 2. The van der Waals surface area contributed by atoms with Crippen molar-refractivity contribution in [2.45, 2.75) is 47.9 Å². The van der Waals surface area contributed by atoms with Gasteiger partial charge >= 0.3 is 0 Å². The number of halogens is 7. The van der Waals surface area contributed by atoms with Crippen molar-refractivity contribution in [1.29, 1.82) is 0 Å². The van der Waals surface area contributed by atoms with Gasteiger partial charge in [0.25, 0.3) is 5.91 Å². The summed E-state index contributed by atoms with van der Waals surface area (Å²) in [6, 6.07) is 9.00. The van der Waals surface area contributed by atoms with E-state index < -0.39 is 33.9 Å². The molecule has 4 rings (SSSR count). The second-order valence-corrected chi connectivity index (χ2v) is 11.3. The van der Waals surface area contributed by atoms with Crippen LogP contribution >= 0.6 is 58.0 Å². The van der Waals surface area contributed by atoms with Crippen molar-refractivity contribution in [1.82, 2.24) is 5.32 Å². The molecule has 0 bridgehead atoms. The van der Waals surface area contributed by atoms with E-state index in [0.717, 1.165) is 0 Å². The van der Waals surface area contributed by atoms with Crippen molar-refractivity contribution in [3.8, 4) is 0 Å². The van der Waals surface area contributed by atoms with Crippen LogP contribution < -0.4 is 10.6 Å². The molecule has 4 nitrogen and oxygen atoms in total. The van der Waals surface area contributed by atoms with Crippen LogP contribution in [0.15, 0.2) is 36.4 Å². The molecule has 0 saturated heterocycles. The summed E-state index contributed by atoms with van der Waals surface area (Å²) in [5, 5.41) is 6.33. The molecule has 2 fully saturated rings. The summed E-state index contributed by atoms with van der Waals surface area (Å²) in [5.41, 5.74) is 1.11. The van der Waals surface area contributed by atoms with Gasteiger partial charge in [-0.3, -0.25) is 9.59 Å². The van der Waals surface area contributed by atoms with Crippen LogP contribution in [0, 0.1) is 5.92 Å². The lowest BCUT2D eigenvalue weighted by Gasteiger charge is -2.28. The Balaban J connectivity index is 1.44. The van der Waals surface area contributed by atoms with Crippen LogP contribution in [-0.4, -0.2) is 28.1 Å². The Morgan fingerprint density at radius 3 is 2.21 bits per heavy atom. The van der Waals surface area contributed by atoms with Crippen molar-refractivity contribution in [3.05, 3.63) is 62.6 Å². The molecule has 0 radical (unpaired) electrons. The van der Waals surface area contributed by atoms with E-state index in [9.17, 15) is 18.4 Å². The predicted octanol–water partition coefficient (Wildman–Crippen LogP) is 7.48. The van der Waals surface area contributed by atoms with Gasteiger partial charge < -0.3 is 10.6 Å². The minimum absolute atomic E-state index is 0.122. The quantitative estimate of drug-likeness (QED) is 0.366. The Morgan fingerprint density at radius 1 is 0.912 bits per heavy atom. The largest absolute Gasteiger partial charge is 0.349 e. The second-order valence-electron chi connectivity index (χ2n) is 8.59. The Labute approximate surface area is 220 Å². The Bertz CT molecular complexity index is 1130. The molecule has 34 heavy (non-hydrogen) atoms. The van der Waals surface area contributed by atoms with Gasteiger partial charge in [-0.2, -0.15) is 0 Å². The van der Waals surface area contributed by atoms with Crippen LogP contribution in [0.25, 0.3) is 0 Å². The molecule has 2 amide bonds. The third kappa shape index (κ3) is 5.41. The first-order valence-electron chi connectivity index (χ1n) is 10.5. The highest BCUT2D eigenvalue weighted by atomic mass is 35.5. The van der Waals surface area contributed by atoms with Gasteiger partial charge in [0.15, 0.2) is 0 Å². The number of nitrogens with one attached hydrogen (secondary N) is 2. The van der Waals surface area contributed by atoms with Crippen molar-refractivity contribution in [2.24, 2.45) is 5.92 Å². The fourth-order valence-corrected chi connectivity index (χ4v) is 5.56. The zero-order chi connectivity index (χ0) is 24.8. The van der Waals surface area contributed by atoms with E-state index >= 15 is 0 Å². The van der Waals surface area contributed by atoms with E-state index in [1.807, 2.05) is 0 Å². The Kier molecular flexibility index (Phi) is 7.30. The summed E-state index contributed by atoms with van der Waals surface area (Å²) in [6.45, 7) is 0. The molecule has 2 aliphatic rings. The standard InChI is InChI=1S/C23H19Cl5F2N2O2/c24-15-4-2-13(10-14(15)20(33)31-12-5-7-22(29,30)8-6-12)32-21(34)19-18(23(19,27)28)11-1-3-16(25)17(26)9-11/h1-4,9-10,12,18-19H,5-8H2,(H,31,33)(H,32,34). The first kappa shape index (κ1) is 25.8. The van der Waals surface area contributed by atoms with Crippen molar-refractivity contribution < 1.29 is 18.4 Å². The molecule has 0 heterocycles. The van der Waals surface area contributed by atoms with Crippen molar-refractivity contribution in [2.75, 3.05) is 5.32 Å². The SMILES string of the molecule is O=C(NC1CCC(F)(F)CC1)c1cc(NC(=O)C2C(c3ccc(Cl)c(Cl)c3)C2(Cl)Cl)ccc1Cl. The molecule has 2 saturated carbocycles. The summed E-state index contributed by atoms with van der Waals surface area (Å²) >= 11 is 31.0. The zero-order valence-corrected chi connectivity index (χ0v) is 21.3. The zero-order valence-electron chi connectivity index (χ0n) is 17.5. The minimum Gasteiger partial charge on any atom is -0.349 e. The van der Waals surface area contributed by atoms with Gasteiger partial charge in [0.05, 0.1) is 26.5 Å². The van der Waals surface area contributed by atoms with Crippen LogP contribution in [-0.2, 0) is 4.79 Å². The molecule has 0 spiro atoms. The molecule has 0 aliphatic heterocycles. The van der Waals surface area contributed by atoms with E-state index in [4.69, 9.17) is 58.0 Å². The third-order valence-corrected chi connectivity index (χ3v) is 8.18. The molecule has 2 aliphatic carbocycles. The number of carbonyl (C=O) groups excluding carboxylic acids is 2. The average molecular weight is 571 g/mol. The highest BCUT2D eigenvalue weighted by Gasteiger charge is 2.67. The van der Waals surface area contributed by atoms with Gasteiger partial charge in [0.1, 0.15) is 4.33 Å². The van der Waals surface area contributed by atoms with E-state index in [2.05, 4.69) is 10.6 Å². The fourth-order valence-electron chi connectivity index (χ4n) is 4.22. The van der Waals surface area contributed by atoms with Crippen LogP contribution in [0.5, 0.6) is 0 Å². The summed E-state index contributed by atoms with van der Waals surface area (Å²) in [4.78, 5) is 25.6. The number of carbonyl (C=O) groups is 2. The first-order valence-corrected chi connectivity index (χ1v) is 12.4. The first-order chi connectivity index (χ1) is 15.9. The molecule has 0 aromatic heterocycles. The topological polar surface area (TPSA) is 58.2 Å². The molecular weight excluding hydrogens is 552 g/mol. The second kappa shape index (κ2) is 9.62. The van der Waals surface area contributed by atoms with Gasteiger partial charge in [-0.25, -0.2) is 8.78 Å². The van der Waals surface area contributed by atoms with Crippen LogP contribution in [0.1, 0.15) is 47.5 Å². The minimum atomic E-state index is -2.69. The Hall–Kier alpha value is -1.31. The summed E-state index contributed by atoms with van der Waals surface area (Å²) < 4.78 is 25.4. The van der Waals surface area contributed by atoms with Gasteiger partial charge in [-0.1, -0.05) is 40.9 Å². The lowest BCUT2D eigenvalue weighted by atomic mass is 9.92. The maximum absolute atomic E-state index is 13.4. The highest BCUT2D eigenvalue weighted by molar-refractivity contribution is 6.53. The molecule has 2 N–H and O–H groups in total. The fraction of sp³-hybridized carbons (Fsp3) is 0.391. The normalized spacial score (nSPS) is 23.3. The third-order valence-electron chi connectivity index (χ3n) is 6.17. The summed E-state index contributed by atoms with van der Waals surface area (Å²) in [5.74, 6) is -4.89. The number of hydrogen-bond donors (Lipinski definition) is 2. The maximum atomic E-state index is 13.4. The number of hydrogen-bond acceptors (Lipinski definition) is 2. The maximum Gasteiger partial charge on any atom is 0.253 e. The summed E-state index contributed by atoms with van der Waals surface area (Å²) in [7, 11) is 0. The van der Waals surface area contributed by atoms with E-state index in [1.165, 1.54) is 12.1 Å². The van der Waals surface area contributed by atoms with Crippen LogP contribution in [0.2, 0.25) is 15.1 Å². The summed E-state index contributed by atoms with van der Waals surface area (Å²) in [6.07, 6.45) is -0.195. The molecule has 2 aromatic carbocycles. The lowest BCUT2D eigenvalue weighted by Crippen LogP contribution is -2.40. The monoisotopic (exact) mass is 568 g/mol. The van der Waals surface area contributed by atoms with Crippen LogP contribution in [0.4, 0.5) is 14.5 Å². The van der Waals surface area contributed by atoms with E-state index in [0.29, 0.717) is 21.3 Å². The predicted molar refractivity (Wildman–Crippen MR) is 132 cm³/mol. The molecular formula is C23H19Cl5F2N2O2. The number of alkyl halides is 4. The molecule has 2 aromatic rings. The van der Waals surface area contributed by atoms with Gasteiger partial charge in [-0.15, -0.1) is 23.2 Å². The number of anilines is 1. The van der Waals surface area contributed by atoms with Crippen LogP contribution in [0.3, 0.4) is 0 Å². The van der Waals surface area contributed by atoms with E-state index in [-0.39, 0.29) is 42.3 Å². The van der Waals surface area contributed by atoms with E-state index in [1.54, 1.807) is 24.3 Å². The van der Waals surface area contributed by atoms with Crippen molar-refractivity contribution in [3.63, 3.8) is 0 Å². The Morgan fingerprint density at radius 2 is 1.56 bits per heavy atom. The number of benzene rings is 2. The highest BCUT2D eigenvalue weighted by Crippen LogP contribution is 2.65. The molecule has 11 heteroatoms. The molecule has 182 valence electrons. The molecule has 2 unspecified atom stereocenters. The van der Waals surface area contributed by atoms with Gasteiger partial charge in [-0.05, 0) is 48.7 Å². The molecule has 2 atom stereocenters. The van der Waals surface area contributed by atoms with Gasteiger partial charge in [0, 0.05) is 30.5 Å².